The molecule has 1 N–H and O–H groups in total. The maximum Gasteiger partial charge on any atom is 0.216 e. The van der Waals surface area contributed by atoms with Crippen LogP contribution in [0.5, 0.6) is 0 Å². The van der Waals surface area contributed by atoms with Gasteiger partial charge in [0.05, 0.1) is 11.9 Å². The van der Waals surface area contributed by atoms with Crippen LogP contribution in [0.15, 0.2) is 47.7 Å². The minimum atomic E-state index is 0.426. The van der Waals surface area contributed by atoms with E-state index in [0.717, 1.165) is 11.3 Å². The van der Waals surface area contributed by atoms with Gasteiger partial charge in [-0.25, -0.2) is 5.10 Å². The summed E-state index contributed by atoms with van der Waals surface area (Å²) in [7, 11) is 1.95. The molecule has 0 radical (unpaired) electrons. The zero-order valence-corrected chi connectivity index (χ0v) is 12.8. The van der Waals surface area contributed by atoms with Crippen LogP contribution < -0.4 is 0 Å². The summed E-state index contributed by atoms with van der Waals surface area (Å²) in [6.07, 6.45) is 3.69. The molecule has 3 rings (SSSR count). The molecule has 0 saturated heterocycles. The summed E-state index contributed by atoms with van der Waals surface area (Å²) in [4.78, 5) is 0. The second-order valence-electron chi connectivity index (χ2n) is 4.46. The van der Waals surface area contributed by atoms with E-state index in [-0.39, 0.29) is 0 Å². The third-order valence-electron chi connectivity index (χ3n) is 3.02. The first-order chi connectivity index (χ1) is 10.1. The molecule has 0 aliphatic rings. The van der Waals surface area contributed by atoms with Gasteiger partial charge < -0.3 is 4.57 Å². The van der Waals surface area contributed by atoms with E-state index < -0.39 is 0 Å². The minimum Gasteiger partial charge on any atom is -0.350 e. The number of hydrogen-bond donors (Lipinski definition) is 1. The van der Waals surface area contributed by atoms with Crippen LogP contribution >= 0.6 is 23.8 Å². The van der Waals surface area contributed by atoms with E-state index in [1.165, 1.54) is 0 Å². The van der Waals surface area contributed by atoms with Gasteiger partial charge in [-0.1, -0.05) is 23.7 Å². The lowest BCUT2D eigenvalue weighted by Crippen LogP contribution is -1.98. The highest BCUT2D eigenvalue weighted by molar-refractivity contribution is 7.71. The number of hydrogen-bond acceptors (Lipinski definition) is 3. The van der Waals surface area contributed by atoms with E-state index in [9.17, 15) is 0 Å². The van der Waals surface area contributed by atoms with Gasteiger partial charge in [0, 0.05) is 23.8 Å². The third-order valence-corrected chi connectivity index (χ3v) is 3.52. The molecule has 7 heteroatoms. The Balaban J connectivity index is 2.04. The van der Waals surface area contributed by atoms with E-state index in [1.807, 2.05) is 54.2 Å². The van der Waals surface area contributed by atoms with Crippen LogP contribution in [0.1, 0.15) is 5.69 Å². The van der Waals surface area contributed by atoms with Gasteiger partial charge in [-0.2, -0.15) is 14.9 Å². The molecule has 3 aromatic rings. The molecule has 106 valence electrons. The van der Waals surface area contributed by atoms with Crippen molar-refractivity contribution in [2.75, 3.05) is 0 Å². The molecule has 0 spiro atoms. The molecule has 5 nitrogen and oxygen atoms in total. The van der Waals surface area contributed by atoms with Gasteiger partial charge in [0.2, 0.25) is 4.77 Å². The molecule has 0 aliphatic carbocycles. The van der Waals surface area contributed by atoms with Crippen LogP contribution in [0, 0.1) is 4.77 Å². The van der Waals surface area contributed by atoms with Crippen LogP contribution in [-0.2, 0) is 7.05 Å². The van der Waals surface area contributed by atoms with Gasteiger partial charge in [0.25, 0.3) is 0 Å². The Morgan fingerprint density at radius 2 is 2.19 bits per heavy atom. The molecule has 0 amide bonds. The Morgan fingerprint density at radius 1 is 1.33 bits per heavy atom. The summed E-state index contributed by atoms with van der Waals surface area (Å²) in [5.41, 5.74) is 1.81. The first-order valence-electron chi connectivity index (χ1n) is 6.24. The number of halogens is 1. The fraction of sp³-hybridized carbons (Fsp3) is 0.0714. The van der Waals surface area contributed by atoms with Gasteiger partial charge in [0.15, 0.2) is 5.82 Å². The van der Waals surface area contributed by atoms with E-state index in [2.05, 4.69) is 15.3 Å². The normalized spacial score (nSPS) is 11.3. The molecule has 0 unspecified atom stereocenters. The Hall–Kier alpha value is -2.18. The lowest BCUT2D eigenvalue weighted by atomic mass is 10.2. The van der Waals surface area contributed by atoms with Gasteiger partial charge in [-0.05, 0) is 36.5 Å². The third kappa shape index (κ3) is 2.81. The molecule has 0 aliphatic heterocycles. The second-order valence-corrected chi connectivity index (χ2v) is 5.29. The van der Waals surface area contributed by atoms with Crippen molar-refractivity contribution in [1.82, 2.24) is 19.4 Å². The quantitative estimate of drug-likeness (QED) is 0.594. The maximum absolute atomic E-state index is 6.02. The molecule has 21 heavy (non-hydrogen) atoms. The number of aryl methyl sites for hydroxylation is 1. The number of H-pyrrole nitrogens is 1. The van der Waals surface area contributed by atoms with Crippen LogP contribution in [0.2, 0.25) is 5.02 Å². The van der Waals surface area contributed by atoms with Crippen molar-refractivity contribution in [2.45, 2.75) is 0 Å². The van der Waals surface area contributed by atoms with E-state index in [4.69, 9.17) is 23.8 Å². The van der Waals surface area contributed by atoms with Crippen LogP contribution in [0.3, 0.4) is 0 Å². The van der Waals surface area contributed by atoms with E-state index in [0.29, 0.717) is 15.6 Å². The SMILES string of the molecule is Cn1cccc1/C=N/n1c(-c2cccc(Cl)c2)n[nH]c1=S. The summed E-state index contributed by atoms with van der Waals surface area (Å²) < 4.78 is 3.97. The molecule has 1 aromatic carbocycles. The highest BCUT2D eigenvalue weighted by Crippen LogP contribution is 2.21. The molecular weight excluding hydrogens is 306 g/mol. The van der Waals surface area contributed by atoms with Gasteiger partial charge in [0.1, 0.15) is 0 Å². The van der Waals surface area contributed by atoms with Crippen molar-refractivity contribution in [1.29, 1.82) is 0 Å². The molecular formula is C14H12ClN5S. The average Bonchev–Trinajstić information content (AvgIpc) is 3.03. The Kier molecular flexibility index (Phi) is 3.72. The van der Waals surface area contributed by atoms with Crippen LogP contribution in [-0.4, -0.2) is 25.7 Å². The molecule has 0 fully saturated rings. The zero-order chi connectivity index (χ0) is 14.8. The number of nitrogens with one attached hydrogen (secondary N) is 1. The second kappa shape index (κ2) is 5.67. The lowest BCUT2D eigenvalue weighted by molar-refractivity contribution is 0.862. The zero-order valence-electron chi connectivity index (χ0n) is 11.2. The van der Waals surface area contributed by atoms with Crippen molar-refractivity contribution >= 4 is 30.0 Å². The molecule has 0 bridgehead atoms. The average molecular weight is 318 g/mol. The number of aromatic amines is 1. The first-order valence-corrected chi connectivity index (χ1v) is 7.03. The Morgan fingerprint density at radius 3 is 2.90 bits per heavy atom. The molecule has 0 saturated carbocycles. The van der Waals surface area contributed by atoms with E-state index >= 15 is 0 Å². The summed E-state index contributed by atoms with van der Waals surface area (Å²) in [6.45, 7) is 0. The molecule has 0 atom stereocenters. The smallest absolute Gasteiger partial charge is 0.216 e. The van der Waals surface area contributed by atoms with Crippen LogP contribution in [0.25, 0.3) is 11.4 Å². The van der Waals surface area contributed by atoms with Crippen molar-refractivity contribution in [3.63, 3.8) is 0 Å². The van der Waals surface area contributed by atoms with Crippen molar-refractivity contribution in [2.24, 2.45) is 12.1 Å². The van der Waals surface area contributed by atoms with Gasteiger partial charge in [-0.15, -0.1) is 0 Å². The topological polar surface area (TPSA) is 50.9 Å². The summed E-state index contributed by atoms with van der Waals surface area (Å²) in [6, 6.07) is 11.3. The highest BCUT2D eigenvalue weighted by Gasteiger charge is 2.08. The summed E-state index contributed by atoms with van der Waals surface area (Å²) in [5, 5.41) is 12.0. The largest absolute Gasteiger partial charge is 0.350 e. The minimum absolute atomic E-state index is 0.426. The summed E-state index contributed by atoms with van der Waals surface area (Å²) in [5.74, 6) is 0.618. The van der Waals surface area contributed by atoms with Crippen molar-refractivity contribution in [3.05, 3.63) is 58.1 Å². The van der Waals surface area contributed by atoms with Crippen molar-refractivity contribution < 1.29 is 0 Å². The number of nitrogens with zero attached hydrogens (tertiary/aromatic N) is 4. The highest BCUT2D eigenvalue weighted by atomic mass is 35.5. The molecule has 2 heterocycles. The van der Waals surface area contributed by atoms with Gasteiger partial charge in [-0.3, -0.25) is 0 Å². The number of rotatable bonds is 3. The van der Waals surface area contributed by atoms with Gasteiger partial charge >= 0.3 is 0 Å². The number of benzene rings is 1. The van der Waals surface area contributed by atoms with Crippen LogP contribution in [0.4, 0.5) is 0 Å². The summed E-state index contributed by atoms with van der Waals surface area (Å²) >= 11 is 11.2. The monoisotopic (exact) mass is 317 g/mol. The fourth-order valence-electron chi connectivity index (χ4n) is 1.94. The maximum atomic E-state index is 6.02. The Labute approximate surface area is 131 Å². The fourth-order valence-corrected chi connectivity index (χ4v) is 2.31. The lowest BCUT2D eigenvalue weighted by Gasteiger charge is -2.01. The predicted octanol–water partition coefficient (Wildman–Crippen LogP) is 3.48. The Bertz CT molecular complexity index is 858. The first kappa shape index (κ1) is 13.8. The molecule has 2 aromatic heterocycles. The predicted molar refractivity (Wildman–Crippen MR) is 86.3 cm³/mol. The van der Waals surface area contributed by atoms with E-state index in [1.54, 1.807) is 10.9 Å². The van der Waals surface area contributed by atoms with Crippen molar-refractivity contribution in [3.8, 4) is 11.4 Å². The number of aromatic nitrogens is 4. The standard InChI is InChI=1S/C14H12ClN5S/c1-19-7-3-6-12(19)9-16-20-13(17-18-14(20)21)10-4-2-5-11(15)8-10/h2-9H,1H3,(H,18,21)/b16-9+.